The lowest BCUT2D eigenvalue weighted by Gasteiger charge is -2.00. The van der Waals surface area contributed by atoms with E-state index in [2.05, 4.69) is 5.32 Å². The Bertz CT molecular complexity index is 234. The molecule has 12 heavy (non-hydrogen) atoms. The second kappa shape index (κ2) is 5.10. The van der Waals surface area contributed by atoms with Crippen LogP contribution in [0, 0.1) is 0 Å². The Balaban J connectivity index is 3.51. The third-order valence-corrected chi connectivity index (χ3v) is 3.01. The van der Waals surface area contributed by atoms with Gasteiger partial charge in [-0.1, -0.05) is 6.92 Å². The molecule has 0 aromatic rings. The SMILES string of the molecule is CCS(=O)(=O)CCNCC(=O)O. The van der Waals surface area contributed by atoms with Gasteiger partial charge in [0.05, 0.1) is 12.3 Å². The summed E-state index contributed by atoms with van der Waals surface area (Å²) in [4.78, 5) is 9.98. The lowest BCUT2D eigenvalue weighted by Crippen LogP contribution is -2.28. The number of carboxylic acids is 1. The Morgan fingerprint density at radius 1 is 1.50 bits per heavy atom. The van der Waals surface area contributed by atoms with Crippen LogP contribution in [0.3, 0.4) is 0 Å². The highest BCUT2D eigenvalue weighted by atomic mass is 32.2. The van der Waals surface area contributed by atoms with Crippen LogP contribution in [0.5, 0.6) is 0 Å². The van der Waals surface area contributed by atoms with E-state index in [0.717, 1.165) is 0 Å². The first-order chi connectivity index (χ1) is 5.48. The van der Waals surface area contributed by atoms with Gasteiger partial charge in [-0.3, -0.25) is 4.79 Å². The maximum Gasteiger partial charge on any atom is 0.317 e. The van der Waals surface area contributed by atoms with E-state index in [0.29, 0.717) is 0 Å². The molecule has 0 saturated heterocycles. The fraction of sp³-hybridized carbons (Fsp3) is 0.833. The monoisotopic (exact) mass is 195 g/mol. The molecular formula is C6H13NO4S. The first-order valence-corrected chi connectivity index (χ1v) is 5.43. The molecular weight excluding hydrogens is 182 g/mol. The number of rotatable bonds is 6. The van der Waals surface area contributed by atoms with Crippen LogP contribution in [-0.2, 0) is 14.6 Å². The maximum atomic E-state index is 10.9. The number of hydrogen-bond acceptors (Lipinski definition) is 4. The Morgan fingerprint density at radius 3 is 2.50 bits per heavy atom. The highest BCUT2D eigenvalue weighted by Gasteiger charge is 2.06. The molecule has 72 valence electrons. The maximum absolute atomic E-state index is 10.9. The lowest BCUT2D eigenvalue weighted by atomic mass is 10.6. The van der Waals surface area contributed by atoms with Crippen LogP contribution in [0.2, 0.25) is 0 Å². The van der Waals surface area contributed by atoms with E-state index in [1.54, 1.807) is 6.92 Å². The molecule has 0 radical (unpaired) electrons. The minimum atomic E-state index is -2.97. The molecule has 0 spiro atoms. The summed E-state index contributed by atoms with van der Waals surface area (Å²) in [7, 11) is -2.97. The van der Waals surface area contributed by atoms with Crippen LogP contribution in [0.1, 0.15) is 6.92 Å². The Morgan fingerprint density at radius 2 is 2.08 bits per heavy atom. The molecule has 0 aliphatic carbocycles. The van der Waals surface area contributed by atoms with E-state index >= 15 is 0 Å². The van der Waals surface area contributed by atoms with E-state index in [1.807, 2.05) is 0 Å². The van der Waals surface area contributed by atoms with Gasteiger partial charge in [0.2, 0.25) is 0 Å². The summed E-state index contributed by atoms with van der Waals surface area (Å²) in [5.41, 5.74) is 0. The fourth-order valence-electron chi connectivity index (χ4n) is 0.567. The van der Waals surface area contributed by atoms with Gasteiger partial charge in [-0.25, -0.2) is 8.42 Å². The first-order valence-electron chi connectivity index (χ1n) is 3.61. The van der Waals surface area contributed by atoms with Crippen LogP contribution < -0.4 is 5.32 Å². The zero-order valence-electron chi connectivity index (χ0n) is 6.91. The van der Waals surface area contributed by atoms with Gasteiger partial charge in [0.1, 0.15) is 0 Å². The number of carboxylic acid groups (broad SMARTS) is 1. The second-order valence-corrected chi connectivity index (χ2v) is 4.78. The number of aliphatic carboxylic acids is 1. The average molecular weight is 195 g/mol. The molecule has 0 aromatic carbocycles. The summed E-state index contributed by atoms with van der Waals surface area (Å²) in [5, 5.41) is 10.7. The van der Waals surface area contributed by atoms with Crippen LogP contribution in [0.15, 0.2) is 0 Å². The van der Waals surface area contributed by atoms with Crippen molar-refractivity contribution >= 4 is 15.8 Å². The van der Waals surface area contributed by atoms with Gasteiger partial charge in [-0.2, -0.15) is 0 Å². The second-order valence-electron chi connectivity index (χ2n) is 2.31. The molecule has 0 bridgehead atoms. The molecule has 5 nitrogen and oxygen atoms in total. The third kappa shape index (κ3) is 6.11. The number of sulfone groups is 1. The quantitative estimate of drug-likeness (QED) is 0.536. The van der Waals surface area contributed by atoms with Crippen molar-refractivity contribution in [2.75, 3.05) is 24.6 Å². The average Bonchev–Trinajstić information content (AvgIpc) is 1.98. The van der Waals surface area contributed by atoms with Gasteiger partial charge in [-0.15, -0.1) is 0 Å². The molecule has 0 saturated carbocycles. The fourth-order valence-corrected chi connectivity index (χ4v) is 1.31. The van der Waals surface area contributed by atoms with Crippen molar-refractivity contribution in [3.63, 3.8) is 0 Å². The topological polar surface area (TPSA) is 83.5 Å². The third-order valence-electron chi connectivity index (χ3n) is 1.31. The van der Waals surface area contributed by atoms with Crippen molar-refractivity contribution in [3.05, 3.63) is 0 Å². The summed E-state index contributed by atoms with van der Waals surface area (Å²) >= 11 is 0. The predicted octanol–water partition coefficient (Wildman–Crippen LogP) is -0.905. The van der Waals surface area contributed by atoms with Crippen molar-refractivity contribution in [2.45, 2.75) is 6.92 Å². The number of nitrogens with one attached hydrogen (secondary N) is 1. The number of hydrogen-bond donors (Lipinski definition) is 2. The van der Waals surface area contributed by atoms with Crippen molar-refractivity contribution in [2.24, 2.45) is 0 Å². The predicted molar refractivity (Wildman–Crippen MR) is 44.8 cm³/mol. The molecule has 0 amide bonds. The molecule has 0 aromatic heterocycles. The summed E-state index contributed by atoms with van der Waals surface area (Å²) in [6.07, 6.45) is 0. The van der Waals surface area contributed by atoms with Crippen LogP contribution >= 0.6 is 0 Å². The summed E-state index contributed by atoms with van der Waals surface area (Å²) in [5.74, 6) is -0.887. The van der Waals surface area contributed by atoms with E-state index in [9.17, 15) is 13.2 Å². The summed E-state index contributed by atoms with van der Waals surface area (Å²) in [6.45, 7) is 1.56. The normalized spacial score (nSPS) is 11.4. The van der Waals surface area contributed by atoms with Crippen molar-refractivity contribution in [1.29, 1.82) is 0 Å². The highest BCUT2D eigenvalue weighted by Crippen LogP contribution is 1.86. The molecule has 0 aliphatic rings. The lowest BCUT2D eigenvalue weighted by molar-refractivity contribution is -0.135. The molecule has 0 fully saturated rings. The molecule has 0 unspecified atom stereocenters. The molecule has 0 aliphatic heterocycles. The van der Waals surface area contributed by atoms with Crippen LogP contribution in [-0.4, -0.2) is 44.1 Å². The van der Waals surface area contributed by atoms with Gasteiger partial charge in [0.15, 0.2) is 9.84 Å². The Labute approximate surface area is 71.7 Å². The van der Waals surface area contributed by atoms with E-state index in [1.165, 1.54) is 0 Å². The Hall–Kier alpha value is -0.620. The zero-order chi connectivity index (χ0) is 9.61. The summed E-state index contributed by atoms with van der Waals surface area (Å²) < 4.78 is 21.7. The van der Waals surface area contributed by atoms with Crippen LogP contribution in [0.4, 0.5) is 0 Å². The molecule has 0 rings (SSSR count). The minimum absolute atomic E-state index is 0.00319. The Kier molecular flexibility index (Phi) is 4.84. The van der Waals surface area contributed by atoms with Gasteiger partial charge in [0.25, 0.3) is 0 Å². The van der Waals surface area contributed by atoms with Gasteiger partial charge in [-0.05, 0) is 0 Å². The van der Waals surface area contributed by atoms with E-state index < -0.39 is 15.8 Å². The van der Waals surface area contributed by atoms with Crippen molar-refractivity contribution < 1.29 is 18.3 Å². The minimum Gasteiger partial charge on any atom is -0.480 e. The highest BCUT2D eigenvalue weighted by molar-refractivity contribution is 7.91. The van der Waals surface area contributed by atoms with Crippen LogP contribution in [0.25, 0.3) is 0 Å². The summed E-state index contributed by atoms with van der Waals surface area (Å²) in [6, 6.07) is 0. The van der Waals surface area contributed by atoms with Crippen molar-refractivity contribution in [1.82, 2.24) is 5.32 Å². The standard InChI is InChI=1S/C6H13NO4S/c1-2-12(10,11)4-3-7-5-6(8)9/h7H,2-5H2,1H3,(H,8,9). The van der Waals surface area contributed by atoms with Gasteiger partial charge >= 0.3 is 5.97 Å². The van der Waals surface area contributed by atoms with Crippen molar-refractivity contribution in [3.8, 4) is 0 Å². The smallest absolute Gasteiger partial charge is 0.317 e. The first kappa shape index (κ1) is 11.4. The molecule has 0 heterocycles. The largest absolute Gasteiger partial charge is 0.480 e. The zero-order valence-corrected chi connectivity index (χ0v) is 7.73. The molecule has 2 N–H and O–H groups in total. The molecule has 0 atom stereocenters. The van der Waals surface area contributed by atoms with E-state index in [-0.39, 0.29) is 24.6 Å². The van der Waals surface area contributed by atoms with Gasteiger partial charge in [0, 0.05) is 12.3 Å². The molecule has 6 heteroatoms. The number of carbonyl (C=O) groups is 1. The van der Waals surface area contributed by atoms with E-state index in [4.69, 9.17) is 5.11 Å². The van der Waals surface area contributed by atoms with Gasteiger partial charge < -0.3 is 10.4 Å².